The number of hydrogen-bond donors (Lipinski definition) is 2. The molecule has 1 aliphatic carbocycles. The summed E-state index contributed by atoms with van der Waals surface area (Å²) in [6.07, 6.45) is 5.20. The van der Waals surface area contributed by atoms with Gasteiger partial charge in [-0.15, -0.1) is 12.4 Å². The molecule has 1 aromatic carbocycles. The Kier molecular flexibility index (Phi) is 5.45. The zero-order valence-corrected chi connectivity index (χ0v) is 15.4. The molecule has 2 heterocycles. The van der Waals surface area contributed by atoms with E-state index in [2.05, 4.69) is 46.9 Å². The van der Waals surface area contributed by atoms with E-state index >= 15 is 0 Å². The molecule has 2 aromatic rings. The molecule has 1 aliphatic heterocycles. The highest BCUT2D eigenvalue weighted by atomic mass is 35.5. The molecule has 4 rings (SSSR count). The van der Waals surface area contributed by atoms with E-state index in [0.717, 1.165) is 56.4 Å². The Bertz CT molecular complexity index is 748. The second-order valence-corrected chi connectivity index (χ2v) is 6.89. The van der Waals surface area contributed by atoms with Gasteiger partial charge in [0.05, 0.1) is 5.69 Å². The van der Waals surface area contributed by atoms with Crippen LogP contribution in [0, 0.1) is 6.92 Å². The number of aromatic nitrogens is 2. The van der Waals surface area contributed by atoms with E-state index < -0.39 is 0 Å². The number of benzene rings is 1. The van der Waals surface area contributed by atoms with Gasteiger partial charge in [0.1, 0.15) is 0 Å². The molecule has 134 valence electrons. The van der Waals surface area contributed by atoms with Gasteiger partial charge in [0, 0.05) is 23.8 Å². The van der Waals surface area contributed by atoms with Gasteiger partial charge in [-0.1, -0.05) is 17.7 Å². The number of carbonyl (C=O) groups excluding carboxylic acids is 1. The number of piperidine rings is 1. The van der Waals surface area contributed by atoms with Crippen LogP contribution in [-0.4, -0.2) is 34.8 Å². The second kappa shape index (κ2) is 7.58. The zero-order valence-electron chi connectivity index (χ0n) is 14.5. The molecule has 6 heteroatoms. The first-order valence-electron chi connectivity index (χ1n) is 8.92. The summed E-state index contributed by atoms with van der Waals surface area (Å²) in [5, 5.41) is 11.2. The molecule has 1 fully saturated rings. The molecule has 25 heavy (non-hydrogen) atoms. The fourth-order valence-corrected chi connectivity index (χ4v) is 3.75. The minimum Gasteiger partial charge on any atom is -0.347 e. The van der Waals surface area contributed by atoms with Crippen molar-refractivity contribution in [1.29, 1.82) is 0 Å². The Balaban J connectivity index is 0.00000182. The van der Waals surface area contributed by atoms with Crippen LogP contribution in [0.25, 0.3) is 5.69 Å². The molecular weight excluding hydrogens is 336 g/mol. The van der Waals surface area contributed by atoms with E-state index in [-0.39, 0.29) is 24.4 Å². The summed E-state index contributed by atoms with van der Waals surface area (Å²) in [7, 11) is 0. The van der Waals surface area contributed by atoms with Crippen LogP contribution >= 0.6 is 12.4 Å². The lowest BCUT2D eigenvalue weighted by Crippen LogP contribution is -2.45. The van der Waals surface area contributed by atoms with E-state index in [1.807, 2.05) is 4.68 Å². The van der Waals surface area contributed by atoms with Gasteiger partial charge in [-0.05, 0) is 57.7 Å². The number of rotatable bonds is 3. The van der Waals surface area contributed by atoms with Crippen molar-refractivity contribution in [3.05, 3.63) is 46.8 Å². The Labute approximate surface area is 154 Å². The maximum absolute atomic E-state index is 12.8. The van der Waals surface area contributed by atoms with Gasteiger partial charge in [0.2, 0.25) is 0 Å². The zero-order chi connectivity index (χ0) is 16.5. The van der Waals surface area contributed by atoms with E-state index in [1.54, 1.807) is 0 Å². The fraction of sp³-hybridized carbons (Fsp3) is 0.474. The van der Waals surface area contributed by atoms with Crippen molar-refractivity contribution in [1.82, 2.24) is 20.4 Å². The second-order valence-electron chi connectivity index (χ2n) is 6.89. The van der Waals surface area contributed by atoms with Gasteiger partial charge >= 0.3 is 0 Å². The Morgan fingerprint density at radius 1 is 1.24 bits per heavy atom. The number of aryl methyl sites for hydroxylation is 1. The standard InChI is InChI=1S/C19H24N4O.ClH/c1-13-7-9-15(10-8-13)23-17-6-2-5-16(17)18(22-23)19(24)21-14-4-3-11-20-12-14;/h7-10,14,20H,2-6,11-12H2,1H3,(H,21,24);1H. The number of nitrogens with one attached hydrogen (secondary N) is 2. The quantitative estimate of drug-likeness (QED) is 0.884. The summed E-state index contributed by atoms with van der Waals surface area (Å²) in [4.78, 5) is 12.8. The van der Waals surface area contributed by atoms with Crippen molar-refractivity contribution in [3.63, 3.8) is 0 Å². The first kappa shape index (κ1) is 18.0. The summed E-state index contributed by atoms with van der Waals surface area (Å²) in [6.45, 7) is 3.98. The smallest absolute Gasteiger partial charge is 0.272 e. The lowest BCUT2D eigenvalue weighted by atomic mass is 10.1. The summed E-state index contributed by atoms with van der Waals surface area (Å²) in [6, 6.07) is 8.55. The molecule has 0 spiro atoms. The van der Waals surface area contributed by atoms with E-state index in [9.17, 15) is 4.79 Å². The van der Waals surface area contributed by atoms with E-state index in [0.29, 0.717) is 5.69 Å². The first-order valence-corrected chi connectivity index (χ1v) is 8.92. The molecule has 1 amide bonds. The average Bonchev–Trinajstić information content (AvgIpc) is 3.19. The molecule has 1 atom stereocenters. The number of amides is 1. The van der Waals surface area contributed by atoms with Crippen LogP contribution in [0.4, 0.5) is 0 Å². The Hall–Kier alpha value is -1.85. The van der Waals surface area contributed by atoms with Crippen molar-refractivity contribution in [2.24, 2.45) is 0 Å². The fourth-order valence-electron chi connectivity index (χ4n) is 3.75. The van der Waals surface area contributed by atoms with Gasteiger partial charge in [-0.2, -0.15) is 5.10 Å². The van der Waals surface area contributed by atoms with Crippen LogP contribution in [-0.2, 0) is 12.8 Å². The van der Waals surface area contributed by atoms with Crippen molar-refractivity contribution < 1.29 is 4.79 Å². The van der Waals surface area contributed by atoms with Crippen LogP contribution < -0.4 is 10.6 Å². The van der Waals surface area contributed by atoms with Gasteiger partial charge in [0.15, 0.2) is 5.69 Å². The molecule has 0 bridgehead atoms. The minimum atomic E-state index is -0.0206. The lowest BCUT2D eigenvalue weighted by molar-refractivity contribution is 0.0924. The van der Waals surface area contributed by atoms with Crippen LogP contribution in [0.1, 0.15) is 46.6 Å². The first-order chi connectivity index (χ1) is 11.7. The number of nitrogens with zero attached hydrogens (tertiary/aromatic N) is 2. The Morgan fingerprint density at radius 3 is 2.76 bits per heavy atom. The SMILES string of the molecule is Cc1ccc(-n2nc(C(=O)NC3CCCNC3)c3c2CCC3)cc1.Cl. The summed E-state index contributed by atoms with van der Waals surface area (Å²) >= 11 is 0. The van der Waals surface area contributed by atoms with Crippen molar-refractivity contribution in [2.45, 2.75) is 45.1 Å². The number of hydrogen-bond acceptors (Lipinski definition) is 3. The molecule has 2 aliphatic rings. The van der Waals surface area contributed by atoms with Crippen molar-refractivity contribution in [3.8, 4) is 5.69 Å². The minimum absolute atomic E-state index is 0. The van der Waals surface area contributed by atoms with Gasteiger partial charge in [-0.25, -0.2) is 4.68 Å². The van der Waals surface area contributed by atoms with Gasteiger partial charge in [-0.3, -0.25) is 4.79 Å². The van der Waals surface area contributed by atoms with E-state index in [1.165, 1.54) is 11.3 Å². The molecule has 1 aromatic heterocycles. The summed E-state index contributed by atoms with van der Waals surface area (Å²) < 4.78 is 1.97. The maximum Gasteiger partial charge on any atom is 0.272 e. The molecule has 0 saturated carbocycles. The summed E-state index contributed by atoms with van der Waals surface area (Å²) in [5.41, 5.74) is 5.22. The molecule has 5 nitrogen and oxygen atoms in total. The highest BCUT2D eigenvalue weighted by Crippen LogP contribution is 2.28. The number of carbonyl (C=O) groups is 1. The van der Waals surface area contributed by atoms with Gasteiger partial charge < -0.3 is 10.6 Å². The maximum atomic E-state index is 12.8. The van der Waals surface area contributed by atoms with Crippen molar-refractivity contribution in [2.75, 3.05) is 13.1 Å². The summed E-state index contributed by atoms with van der Waals surface area (Å²) in [5.74, 6) is -0.0206. The third kappa shape index (κ3) is 3.58. The predicted molar refractivity (Wildman–Crippen MR) is 101 cm³/mol. The number of halogens is 1. The largest absolute Gasteiger partial charge is 0.347 e. The van der Waals surface area contributed by atoms with Crippen molar-refractivity contribution >= 4 is 18.3 Å². The molecule has 1 saturated heterocycles. The third-order valence-corrected chi connectivity index (χ3v) is 5.06. The molecular formula is C19H25ClN4O. The normalized spacial score (nSPS) is 19.2. The van der Waals surface area contributed by atoms with Crippen LogP contribution in [0.3, 0.4) is 0 Å². The molecule has 2 N–H and O–H groups in total. The molecule has 0 radical (unpaired) electrons. The van der Waals surface area contributed by atoms with Gasteiger partial charge in [0.25, 0.3) is 5.91 Å². The average molecular weight is 361 g/mol. The van der Waals surface area contributed by atoms with E-state index in [4.69, 9.17) is 0 Å². The van der Waals surface area contributed by atoms with Crippen LogP contribution in [0.2, 0.25) is 0 Å². The Morgan fingerprint density at radius 2 is 2.04 bits per heavy atom. The predicted octanol–water partition coefficient (Wildman–Crippen LogP) is 2.57. The highest BCUT2D eigenvalue weighted by molar-refractivity contribution is 5.94. The monoisotopic (exact) mass is 360 g/mol. The lowest BCUT2D eigenvalue weighted by Gasteiger charge is -2.23. The highest BCUT2D eigenvalue weighted by Gasteiger charge is 2.28. The number of fused-ring (bicyclic) bond motifs is 1. The van der Waals surface area contributed by atoms with Crippen LogP contribution in [0.15, 0.2) is 24.3 Å². The third-order valence-electron chi connectivity index (χ3n) is 5.06. The topological polar surface area (TPSA) is 59.0 Å². The molecule has 1 unspecified atom stereocenters. The van der Waals surface area contributed by atoms with Crippen LogP contribution in [0.5, 0.6) is 0 Å².